The first-order valence-corrected chi connectivity index (χ1v) is 10.1. The first-order chi connectivity index (χ1) is 15.3. The number of rotatable bonds is 2. The van der Waals surface area contributed by atoms with Crippen LogP contribution in [-0.4, -0.2) is 6.73 Å². The quantitative estimate of drug-likeness (QED) is 0.323. The molecule has 3 aromatic carbocycles. The van der Waals surface area contributed by atoms with E-state index < -0.39 is 17.4 Å². The molecule has 1 aliphatic rings. The van der Waals surface area contributed by atoms with E-state index in [0.29, 0.717) is 22.6 Å². The van der Waals surface area contributed by atoms with Gasteiger partial charge in [0.15, 0.2) is 6.73 Å². The second-order valence-electron chi connectivity index (χ2n) is 7.40. The van der Waals surface area contributed by atoms with E-state index in [9.17, 15) is 18.0 Å². The molecule has 32 heavy (non-hydrogen) atoms. The summed E-state index contributed by atoms with van der Waals surface area (Å²) in [6.07, 6.45) is -4.49. The van der Waals surface area contributed by atoms with Gasteiger partial charge in [0.05, 0.1) is 28.4 Å². The van der Waals surface area contributed by atoms with Gasteiger partial charge in [0.1, 0.15) is 11.3 Å². The highest BCUT2D eigenvalue weighted by Crippen LogP contribution is 2.40. The fourth-order valence-corrected chi connectivity index (χ4v) is 4.18. The maximum absolute atomic E-state index is 13.0. The second-order valence-corrected chi connectivity index (χ2v) is 7.81. The maximum Gasteiger partial charge on any atom is 0.416 e. The Morgan fingerprint density at radius 1 is 0.969 bits per heavy atom. The van der Waals surface area contributed by atoms with E-state index in [4.69, 9.17) is 20.8 Å². The highest BCUT2D eigenvalue weighted by molar-refractivity contribution is 6.33. The maximum atomic E-state index is 13.0. The van der Waals surface area contributed by atoms with Crippen molar-refractivity contribution in [2.24, 2.45) is 0 Å². The lowest BCUT2D eigenvalue weighted by molar-refractivity contribution is -0.137. The Balaban J connectivity index is 1.60. The lowest BCUT2D eigenvalue weighted by Crippen LogP contribution is -2.32. The summed E-state index contributed by atoms with van der Waals surface area (Å²) in [5, 5.41) is 0.692. The molecule has 8 heteroatoms. The molecule has 4 aromatic rings. The zero-order valence-corrected chi connectivity index (χ0v) is 17.2. The van der Waals surface area contributed by atoms with Gasteiger partial charge in [0.25, 0.3) is 0 Å². The molecule has 0 aliphatic carbocycles. The SMILES string of the molecule is O=c1cc(-c2ccccc2)c2ccc3c(c2o1)CN(c1ccc(C(F)(F)F)cc1Cl)CO3. The van der Waals surface area contributed by atoms with Crippen molar-refractivity contribution in [3.8, 4) is 16.9 Å². The van der Waals surface area contributed by atoms with Crippen LogP contribution in [0, 0.1) is 0 Å². The number of alkyl halides is 3. The van der Waals surface area contributed by atoms with E-state index in [1.807, 2.05) is 36.4 Å². The Bertz CT molecular complexity index is 1380. The molecular formula is C24H15ClF3NO3. The van der Waals surface area contributed by atoms with Crippen LogP contribution in [0.5, 0.6) is 5.75 Å². The van der Waals surface area contributed by atoms with Gasteiger partial charge < -0.3 is 14.1 Å². The zero-order chi connectivity index (χ0) is 22.5. The van der Waals surface area contributed by atoms with E-state index >= 15 is 0 Å². The van der Waals surface area contributed by atoms with Gasteiger partial charge in [-0.1, -0.05) is 41.9 Å². The molecular weight excluding hydrogens is 443 g/mol. The summed E-state index contributed by atoms with van der Waals surface area (Å²) >= 11 is 6.17. The third-order valence-corrected chi connectivity index (χ3v) is 5.70. The van der Waals surface area contributed by atoms with Crippen LogP contribution in [-0.2, 0) is 12.7 Å². The van der Waals surface area contributed by atoms with E-state index in [1.165, 1.54) is 12.1 Å². The number of anilines is 1. The molecule has 2 heterocycles. The molecule has 1 aliphatic heterocycles. The highest BCUT2D eigenvalue weighted by atomic mass is 35.5. The van der Waals surface area contributed by atoms with Gasteiger partial charge >= 0.3 is 11.8 Å². The third kappa shape index (κ3) is 3.58. The Morgan fingerprint density at radius 3 is 2.47 bits per heavy atom. The van der Waals surface area contributed by atoms with Crippen molar-refractivity contribution < 1.29 is 22.3 Å². The van der Waals surface area contributed by atoms with Crippen LogP contribution in [0.1, 0.15) is 11.1 Å². The van der Waals surface area contributed by atoms with Crippen molar-refractivity contribution >= 4 is 28.3 Å². The van der Waals surface area contributed by atoms with Crippen molar-refractivity contribution in [2.45, 2.75) is 12.7 Å². The number of benzene rings is 3. The fraction of sp³-hybridized carbons (Fsp3) is 0.125. The number of ether oxygens (including phenoxy) is 1. The number of hydrogen-bond donors (Lipinski definition) is 0. The first kappa shape index (κ1) is 20.5. The number of halogens is 4. The molecule has 0 fully saturated rings. The summed E-state index contributed by atoms with van der Waals surface area (Å²) in [6, 6.07) is 17.7. The Kier molecular flexibility index (Phi) is 4.86. The topological polar surface area (TPSA) is 42.7 Å². The van der Waals surface area contributed by atoms with E-state index in [1.54, 1.807) is 11.0 Å². The van der Waals surface area contributed by atoms with Gasteiger partial charge in [-0.2, -0.15) is 13.2 Å². The highest BCUT2D eigenvalue weighted by Gasteiger charge is 2.32. The van der Waals surface area contributed by atoms with Crippen molar-refractivity contribution in [2.75, 3.05) is 11.6 Å². The molecule has 0 bridgehead atoms. The normalized spacial score (nSPS) is 13.7. The van der Waals surface area contributed by atoms with Crippen molar-refractivity contribution in [3.05, 3.63) is 93.3 Å². The molecule has 4 nitrogen and oxygen atoms in total. The van der Waals surface area contributed by atoms with E-state index in [-0.39, 0.29) is 18.3 Å². The van der Waals surface area contributed by atoms with Gasteiger partial charge in [-0.25, -0.2) is 4.79 Å². The molecule has 0 atom stereocenters. The number of hydrogen-bond acceptors (Lipinski definition) is 4. The van der Waals surface area contributed by atoms with Crippen LogP contribution in [0.2, 0.25) is 5.02 Å². The summed E-state index contributed by atoms with van der Waals surface area (Å²) in [7, 11) is 0. The molecule has 0 saturated carbocycles. The molecule has 1 aromatic heterocycles. The summed E-state index contributed by atoms with van der Waals surface area (Å²) in [5.41, 5.74) is 1.65. The molecule has 0 spiro atoms. The van der Waals surface area contributed by atoms with Gasteiger partial charge in [0.2, 0.25) is 0 Å². The monoisotopic (exact) mass is 457 g/mol. The number of fused-ring (bicyclic) bond motifs is 3. The summed E-state index contributed by atoms with van der Waals surface area (Å²) in [6.45, 7) is 0.338. The van der Waals surface area contributed by atoms with Crippen LogP contribution in [0.3, 0.4) is 0 Å². The fourth-order valence-electron chi connectivity index (χ4n) is 3.88. The lowest BCUT2D eigenvalue weighted by atomic mass is 9.99. The Morgan fingerprint density at radius 2 is 1.75 bits per heavy atom. The minimum absolute atomic E-state index is 0.0430. The summed E-state index contributed by atoms with van der Waals surface area (Å²) in [5.74, 6) is 0.546. The van der Waals surface area contributed by atoms with Crippen molar-refractivity contribution in [3.63, 3.8) is 0 Å². The van der Waals surface area contributed by atoms with Gasteiger partial charge in [-0.05, 0) is 41.5 Å². The minimum Gasteiger partial charge on any atom is -0.473 e. The number of nitrogens with zero attached hydrogens (tertiary/aromatic N) is 1. The minimum atomic E-state index is -4.49. The standard InChI is InChI=1S/C24H15ClF3NO3/c25-19-10-15(24(26,27)28)6-8-20(19)29-12-18-21(31-13-29)9-7-16-17(11-22(30)32-23(16)18)14-4-2-1-3-5-14/h1-11H,12-13H2. The lowest BCUT2D eigenvalue weighted by Gasteiger charge is -2.31. The van der Waals surface area contributed by atoms with E-state index in [0.717, 1.165) is 28.6 Å². The van der Waals surface area contributed by atoms with Crippen LogP contribution in [0.15, 0.2) is 75.9 Å². The molecule has 5 rings (SSSR count). The second kappa shape index (κ2) is 7.60. The average Bonchev–Trinajstić information content (AvgIpc) is 2.78. The smallest absolute Gasteiger partial charge is 0.416 e. The zero-order valence-electron chi connectivity index (χ0n) is 16.4. The predicted molar refractivity (Wildman–Crippen MR) is 116 cm³/mol. The Labute approximate surface area is 185 Å². The van der Waals surface area contributed by atoms with Crippen molar-refractivity contribution in [1.29, 1.82) is 0 Å². The predicted octanol–water partition coefficient (Wildman–Crippen LogP) is 6.49. The van der Waals surface area contributed by atoms with Gasteiger partial charge in [-0.3, -0.25) is 0 Å². The molecule has 0 N–H and O–H groups in total. The average molecular weight is 458 g/mol. The Hall–Kier alpha value is -3.45. The van der Waals surface area contributed by atoms with Crippen molar-refractivity contribution in [1.82, 2.24) is 0 Å². The van der Waals surface area contributed by atoms with Gasteiger partial charge in [0, 0.05) is 11.5 Å². The summed E-state index contributed by atoms with van der Waals surface area (Å²) in [4.78, 5) is 14.0. The van der Waals surface area contributed by atoms with Crippen LogP contribution in [0.4, 0.5) is 18.9 Å². The first-order valence-electron chi connectivity index (χ1n) is 9.71. The third-order valence-electron chi connectivity index (χ3n) is 5.40. The van der Waals surface area contributed by atoms with E-state index in [2.05, 4.69) is 0 Å². The molecule has 162 valence electrons. The molecule has 0 saturated heterocycles. The molecule has 0 unspecified atom stereocenters. The largest absolute Gasteiger partial charge is 0.473 e. The molecule has 0 radical (unpaired) electrons. The van der Waals surface area contributed by atoms with Crippen LogP contribution in [0.25, 0.3) is 22.1 Å². The van der Waals surface area contributed by atoms with Crippen LogP contribution < -0.4 is 15.3 Å². The van der Waals surface area contributed by atoms with Crippen LogP contribution >= 0.6 is 11.6 Å². The summed E-state index contributed by atoms with van der Waals surface area (Å²) < 4.78 is 50.3. The van der Waals surface area contributed by atoms with Gasteiger partial charge in [-0.15, -0.1) is 0 Å². The molecule has 0 amide bonds.